The molecule has 0 N–H and O–H groups in total. The van der Waals surface area contributed by atoms with Crippen molar-refractivity contribution in [3.8, 4) is 0 Å². The van der Waals surface area contributed by atoms with Crippen molar-refractivity contribution < 1.29 is 8.78 Å². The maximum absolute atomic E-state index is 14.5. The fourth-order valence-corrected chi connectivity index (χ4v) is 4.18. The van der Waals surface area contributed by atoms with Gasteiger partial charge in [-0.3, -0.25) is 9.98 Å². The number of halogens is 6. The van der Waals surface area contributed by atoms with Crippen LogP contribution in [0.15, 0.2) is 46.4 Å². The summed E-state index contributed by atoms with van der Waals surface area (Å²) in [6.07, 6.45) is 3.69. The van der Waals surface area contributed by atoms with Crippen LogP contribution in [0.1, 0.15) is 17.5 Å². The summed E-state index contributed by atoms with van der Waals surface area (Å²) >= 11 is 23.3. The van der Waals surface area contributed by atoms with E-state index in [1.165, 1.54) is 24.6 Å². The lowest BCUT2D eigenvalue weighted by molar-refractivity contribution is 0.624. The third kappa shape index (κ3) is 10.1. The minimum atomic E-state index is -0.354. The zero-order valence-corrected chi connectivity index (χ0v) is 22.5. The summed E-state index contributed by atoms with van der Waals surface area (Å²) in [4.78, 5) is 12.4. The van der Waals surface area contributed by atoms with Crippen LogP contribution in [0.25, 0.3) is 0 Å². The van der Waals surface area contributed by atoms with Gasteiger partial charge in [0.15, 0.2) is 0 Å². The Balaban J connectivity index is 1.84. The zero-order chi connectivity index (χ0) is 25.5. The summed E-state index contributed by atoms with van der Waals surface area (Å²) in [5.41, 5.74) is 2.30. The van der Waals surface area contributed by atoms with E-state index in [-0.39, 0.29) is 11.6 Å². The number of alkyl halides is 4. The molecule has 0 aliphatic rings. The van der Waals surface area contributed by atoms with E-state index < -0.39 is 0 Å². The molecule has 0 radical (unpaired) electrons. The van der Waals surface area contributed by atoms with Crippen molar-refractivity contribution in [2.45, 2.75) is 6.42 Å². The van der Waals surface area contributed by atoms with Gasteiger partial charge in [0.2, 0.25) is 0 Å². The highest BCUT2D eigenvalue weighted by Gasteiger charge is 2.10. The fraction of sp³-hybridized carbons (Fsp3) is 0.440. The monoisotopic (exact) mass is 564 g/mol. The van der Waals surface area contributed by atoms with Crippen LogP contribution in [0, 0.1) is 11.6 Å². The van der Waals surface area contributed by atoms with Crippen LogP contribution >= 0.6 is 46.4 Å². The lowest BCUT2D eigenvalue weighted by Crippen LogP contribution is -2.27. The lowest BCUT2D eigenvalue weighted by atomic mass is 10.2. The molecule has 0 atom stereocenters. The third-order valence-electron chi connectivity index (χ3n) is 5.15. The molecule has 0 saturated carbocycles. The van der Waals surface area contributed by atoms with E-state index in [0.717, 1.165) is 11.4 Å². The molecule has 0 bridgehead atoms. The highest BCUT2D eigenvalue weighted by molar-refractivity contribution is 6.19. The molecule has 0 unspecified atom stereocenters. The second-order valence-corrected chi connectivity index (χ2v) is 9.08. The van der Waals surface area contributed by atoms with E-state index in [0.29, 0.717) is 80.3 Å². The Morgan fingerprint density at radius 3 is 1.31 bits per heavy atom. The molecular weight excluding hydrogens is 536 g/mol. The van der Waals surface area contributed by atoms with Gasteiger partial charge in [0.05, 0.1) is 0 Å². The molecule has 192 valence electrons. The van der Waals surface area contributed by atoms with Crippen molar-refractivity contribution in [3.05, 3.63) is 59.2 Å². The van der Waals surface area contributed by atoms with E-state index in [2.05, 4.69) is 9.98 Å². The quantitative estimate of drug-likeness (QED) is 0.133. The molecule has 2 aromatic carbocycles. The fourth-order valence-electron chi connectivity index (χ4n) is 3.36. The molecule has 35 heavy (non-hydrogen) atoms. The SMILES string of the molecule is Fc1cc(N(CCCl)CCCl)ccc1C=NCCCN=Cc1ccc(N(CCCl)CCCl)cc1F. The molecule has 0 aliphatic carbocycles. The number of benzene rings is 2. The molecule has 0 aromatic heterocycles. The van der Waals surface area contributed by atoms with Gasteiger partial charge in [-0.2, -0.15) is 0 Å². The van der Waals surface area contributed by atoms with E-state index in [1.807, 2.05) is 21.9 Å². The predicted octanol–water partition coefficient (Wildman–Crippen LogP) is 6.46. The van der Waals surface area contributed by atoms with Gasteiger partial charge in [0, 0.05) is 97.7 Å². The average Bonchev–Trinajstić information content (AvgIpc) is 2.84. The van der Waals surface area contributed by atoms with Crippen LogP contribution in [0.4, 0.5) is 20.2 Å². The molecular formula is C25H30Cl4F2N4. The highest BCUT2D eigenvalue weighted by Crippen LogP contribution is 2.19. The van der Waals surface area contributed by atoms with Gasteiger partial charge in [-0.15, -0.1) is 46.4 Å². The molecule has 0 saturated heterocycles. The predicted molar refractivity (Wildman–Crippen MR) is 150 cm³/mol. The van der Waals surface area contributed by atoms with Crippen LogP contribution in [-0.4, -0.2) is 75.2 Å². The smallest absolute Gasteiger partial charge is 0.134 e. The number of anilines is 2. The largest absolute Gasteiger partial charge is 0.369 e. The summed E-state index contributed by atoms with van der Waals surface area (Å²) in [5, 5.41) is 0. The first kappa shape index (κ1) is 29.6. The maximum Gasteiger partial charge on any atom is 0.134 e. The Morgan fingerprint density at radius 2 is 1.00 bits per heavy atom. The van der Waals surface area contributed by atoms with Gasteiger partial charge in [-0.05, 0) is 42.8 Å². The molecule has 0 spiro atoms. The van der Waals surface area contributed by atoms with Crippen LogP contribution in [0.5, 0.6) is 0 Å². The van der Waals surface area contributed by atoms with Crippen LogP contribution < -0.4 is 9.80 Å². The third-order valence-corrected chi connectivity index (χ3v) is 5.83. The minimum absolute atomic E-state index is 0.354. The first-order valence-corrected chi connectivity index (χ1v) is 13.5. The van der Waals surface area contributed by atoms with Crippen molar-refractivity contribution in [3.63, 3.8) is 0 Å². The Hall–Kier alpha value is -1.60. The van der Waals surface area contributed by atoms with Gasteiger partial charge < -0.3 is 9.80 Å². The Bertz CT molecular complexity index is 872. The summed E-state index contributed by atoms with van der Waals surface area (Å²) in [6, 6.07) is 9.98. The first-order chi connectivity index (χ1) is 17.0. The summed E-state index contributed by atoms with van der Waals surface area (Å²) in [5.74, 6) is 1.03. The van der Waals surface area contributed by atoms with Gasteiger partial charge in [0.25, 0.3) is 0 Å². The van der Waals surface area contributed by atoms with Gasteiger partial charge >= 0.3 is 0 Å². The van der Waals surface area contributed by atoms with Gasteiger partial charge in [0.1, 0.15) is 11.6 Å². The first-order valence-electron chi connectivity index (χ1n) is 11.4. The van der Waals surface area contributed by atoms with Crippen LogP contribution in [-0.2, 0) is 0 Å². The molecule has 0 aliphatic heterocycles. The van der Waals surface area contributed by atoms with E-state index in [1.54, 1.807) is 12.1 Å². The molecule has 2 aromatic rings. The van der Waals surface area contributed by atoms with Crippen molar-refractivity contribution in [1.29, 1.82) is 0 Å². The number of rotatable bonds is 16. The topological polar surface area (TPSA) is 31.2 Å². The van der Waals surface area contributed by atoms with Gasteiger partial charge in [-0.25, -0.2) is 8.78 Å². The molecule has 0 heterocycles. The number of nitrogens with zero attached hydrogens (tertiary/aromatic N) is 4. The second-order valence-electron chi connectivity index (χ2n) is 7.57. The highest BCUT2D eigenvalue weighted by atomic mass is 35.5. The summed E-state index contributed by atoms with van der Waals surface area (Å²) in [6.45, 7) is 3.34. The van der Waals surface area contributed by atoms with Crippen LogP contribution in [0.3, 0.4) is 0 Å². The molecule has 0 fully saturated rings. The number of hydrogen-bond donors (Lipinski definition) is 0. The number of hydrogen-bond acceptors (Lipinski definition) is 4. The zero-order valence-electron chi connectivity index (χ0n) is 19.5. The maximum atomic E-state index is 14.5. The lowest BCUT2D eigenvalue weighted by Gasteiger charge is -2.23. The molecule has 0 amide bonds. The standard InChI is InChI=1S/C25H30Cl4F2N4/c26-6-12-34(13-7-27)22-4-2-20(24(30)16-22)18-32-10-1-11-33-19-21-3-5-23(17-25(21)31)35(14-8-28)15-9-29/h2-5,16-19H,1,6-15H2. The van der Waals surface area contributed by atoms with Crippen molar-refractivity contribution in [2.24, 2.45) is 9.98 Å². The van der Waals surface area contributed by atoms with E-state index >= 15 is 0 Å². The van der Waals surface area contributed by atoms with E-state index in [4.69, 9.17) is 46.4 Å². The number of aliphatic imine (C=N–C) groups is 2. The van der Waals surface area contributed by atoms with Crippen molar-refractivity contribution >= 4 is 70.2 Å². The van der Waals surface area contributed by atoms with Crippen molar-refractivity contribution in [1.82, 2.24) is 0 Å². The average molecular weight is 566 g/mol. The Labute approximate surface area is 226 Å². The summed E-state index contributed by atoms with van der Waals surface area (Å²) in [7, 11) is 0. The van der Waals surface area contributed by atoms with Gasteiger partial charge in [-0.1, -0.05) is 0 Å². The molecule has 10 heteroatoms. The molecule has 2 rings (SSSR count). The summed E-state index contributed by atoms with van der Waals surface area (Å²) < 4.78 is 28.9. The van der Waals surface area contributed by atoms with Crippen molar-refractivity contribution in [2.75, 3.05) is 72.6 Å². The Morgan fingerprint density at radius 1 is 0.629 bits per heavy atom. The molecule has 4 nitrogen and oxygen atoms in total. The van der Waals surface area contributed by atoms with E-state index in [9.17, 15) is 8.78 Å². The second kappa shape index (κ2) is 17.0. The normalized spacial score (nSPS) is 11.6. The Kier molecular flexibility index (Phi) is 14.4. The van der Waals surface area contributed by atoms with Crippen LogP contribution in [0.2, 0.25) is 0 Å². The minimum Gasteiger partial charge on any atom is -0.369 e.